The third kappa shape index (κ3) is 3.61. The van der Waals surface area contributed by atoms with Crippen molar-refractivity contribution >= 4 is 27.3 Å². The maximum Gasteiger partial charge on any atom is 0.0701 e. The molecular weight excluding hydrogens is 346 g/mol. The monoisotopic (exact) mass is 361 g/mol. The number of aryl methyl sites for hydroxylation is 1. The lowest BCUT2D eigenvalue weighted by Gasteiger charge is -2.05. The summed E-state index contributed by atoms with van der Waals surface area (Å²) < 4.78 is 1.17. The van der Waals surface area contributed by atoms with Gasteiger partial charge in [-0.2, -0.15) is 5.10 Å². The van der Waals surface area contributed by atoms with Crippen LogP contribution in [0.15, 0.2) is 46.4 Å². The molecule has 0 saturated carbocycles. The second-order valence-electron chi connectivity index (χ2n) is 4.95. The van der Waals surface area contributed by atoms with Crippen molar-refractivity contribution in [2.24, 2.45) is 0 Å². The van der Waals surface area contributed by atoms with E-state index in [-0.39, 0.29) is 0 Å². The predicted molar refractivity (Wildman–Crippen MR) is 91.3 cm³/mol. The van der Waals surface area contributed by atoms with Crippen LogP contribution < -0.4 is 5.32 Å². The Morgan fingerprint density at radius 2 is 1.95 bits per heavy atom. The summed E-state index contributed by atoms with van der Waals surface area (Å²) in [5.74, 6) is 0. The van der Waals surface area contributed by atoms with Gasteiger partial charge < -0.3 is 5.32 Å². The Labute approximate surface area is 136 Å². The van der Waals surface area contributed by atoms with Crippen molar-refractivity contribution in [3.63, 3.8) is 0 Å². The van der Waals surface area contributed by atoms with Gasteiger partial charge in [0.15, 0.2) is 0 Å². The molecule has 0 unspecified atom stereocenters. The zero-order valence-electron chi connectivity index (χ0n) is 11.7. The minimum atomic E-state index is 0.801. The number of nitrogens with zero attached hydrogens (tertiary/aromatic N) is 1. The highest BCUT2D eigenvalue weighted by molar-refractivity contribution is 9.11. The summed E-state index contributed by atoms with van der Waals surface area (Å²) in [5.41, 5.74) is 4.72. The molecule has 21 heavy (non-hydrogen) atoms. The molecule has 2 aromatic heterocycles. The molecule has 0 aliphatic heterocycles. The lowest BCUT2D eigenvalue weighted by molar-refractivity contribution is 0.702. The van der Waals surface area contributed by atoms with Crippen LogP contribution in [0.3, 0.4) is 0 Å². The van der Waals surface area contributed by atoms with Crippen LogP contribution in [0.5, 0.6) is 0 Å². The third-order valence-corrected chi connectivity index (χ3v) is 4.93. The molecule has 0 aliphatic rings. The molecule has 3 aromatic rings. The van der Waals surface area contributed by atoms with E-state index in [0.717, 1.165) is 18.8 Å². The summed E-state index contributed by atoms with van der Waals surface area (Å²) >= 11 is 5.24. The van der Waals surface area contributed by atoms with Crippen molar-refractivity contribution in [2.45, 2.75) is 20.0 Å². The van der Waals surface area contributed by atoms with Crippen LogP contribution in [-0.4, -0.2) is 10.2 Å². The van der Waals surface area contributed by atoms with E-state index in [4.69, 9.17) is 0 Å². The topological polar surface area (TPSA) is 40.7 Å². The normalized spacial score (nSPS) is 11.0. The first-order valence-corrected chi connectivity index (χ1v) is 8.37. The summed E-state index contributed by atoms with van der Waals surface area (Å²) in [7, 11) is 0. The van der Waals surface area contributed by atoms with Gasteiger partial charge in [-0.15, -0.1) is 11.3 Å². The van der Waals surface area contributed by atoms with Crippen LogP contribution in [0.25, 0.3) is 11.3 Å². The predicted octanol–water partition coefficient (Wildman–Crippen LogP) is 4.50. The van der Waals surface area contributed by atoms with Crippen molar-refractivity contribution in [3.05, 3.63) is 62.4 Å². The van der Waals surface area contributed by atoms with E-state index >= 15 is 0 Å². The second-order valence-corrected chi connectivity index (χ2v) is 7.49. The smallest absolute Gasteiger partial charge is 0.0701 e. The molecule has 1 aromatic carbocycles. The quantitative estimate of drug-likeness (QED) is 0.702. The van der Waals surface area contributed by atoms with Gasteiger partial charge in [0.05, 0.1) is 15.7 Å². The van der Waals surface area contributed by atoms with Gasteiger partial charge in [-0.25, -0.2) is 0 Å². The van der Waals surface area contributed by atoms with Crippen molar-refractivity contribution in [2.75, 3.05) is 0 Å². The zero-order valence-corrected chi connectivity index (χ0v) is 14.1. The van der Waals surface area contributed by atoms with Crippen LogP contribution in [-0.2, 0) is 13.1 Å². The minimum Gasteiger partial charge on any atom is -0.308 e. The average Bonchev–Trinajstić information content (AvgIpc) is 3.09. The second kappa shape index (κ2) is 6.56. The van der Waals surface area contributed by atoms with E-state index in [1.807, 2.05) is 6.20 Å². The van der Waals surface area contributed by atoms with Gasteiger partial charge in [-0.1, -0.05) is 29.8 Å². The molecule has 108 valence electrons. The number of H-pyrrole nitrogens is 1. The Bertz CT molecular complexity index is 715. The van der Waals surface area contributed by atoms with Gasteiger partial charge in [0.1, 0.15) is 0 Å². The van der Waals surface area contributed by atoms with Gasteiger partial charge in [0.25, 0.3) is 0 Å². The Hall–Kier alpha value is -1.43. The molecule has 0 amide bonds. The fraction of sp³-hybridized carbons (Fsp3) is 0.188. The highest BCUT2D eigenvalue weighted by Gasteiger charge is 2.07. The van der Waals surface area contributed by atoms with Crippen LogP contribution in [0.2, 0.25) is 0 Å². The van der Waals surface area contributed by atoms with Gasteiger partial charge in [-0.3, -0.25) is 5.10 Å². The number of hydrogen-bond acceptors (Lipinski definition) is 3. The summed E-state index contributed by atoms with van der Waals surface area (Å²) in [6.07, 6.45) is 1.90. The SMILES string of the molecule is Cc1ccc(-c2[nH]ncc2CNCc2ccc(Br)s2)cc1. The average molecular weight is 362 g/mol. The molecule has 0 radical (unpaired) electrons. The summed E-state index contributed by atoms with van der Waals surface area (Å²) in [6.45, 7) is 3.77. The standard InChI is InChI=1S/C16H16BrN3S/c1-11-2-4-12(5-3-11)16-13(9-19-20-16)8-18-10-14-6-7-15(17)21-14/h2-7,9,18H,8,10H2,1H3,(H,19,20). The maximum absolute atomic E-state index is 4.18. The lowest BCUT2D eigenvalue weighted by Crippen LogP contribution is -2.11. The molecular formula is C16H16BrN3S. The lowest BCUT2D eigenvalue weighted by atomic mass is 10.1. The summed E-state index contributed by atoms with van der Waals surface area (Å²) in [5, 5.41) is 10.7. The van der Waals surface area contributed by atoms with Crippen molar-refractivity contribution < 1.29 is 0 Å². The molecule has 3 rings (SSSR count). The van der Waals surface area contributed by atoms with E-state index < -0.39 is 0 Å². The van der Waals surface area contributed by atoms with Crippen LogP contribution in [0.4, 0.5) is 0 Å². The van der Waals surface area contributed by atoms with Gasteiger partial charge in [-0.05, 0) is 40.5 Å². The summed E-state index contributed by atoms with van der Waals surface area (Å²) in [4.78, 5) is 1.32. The number of aromatic amines is 1. The van der Waals surface area contributed by atoms with Crippen molar-refractivity contribution in [1.29, 1.82) is 0 Å². The van der Waals surface area contributed by atoms with Crippen molar-refractivity contribution in [3.8, 4) is 11.3 Å². The Morgan fingerprint density at radius 3 is 2.67 bits per heavy atom. The zero-order chi connectivity index (χ0) is 14.7. The van der Waals surface area contributed by atoms with Crippen LogP contribution >= 0.6 is 27.3 Å². The molecule has 0 bridgehead atoms. The Balaban J connectivity index is 1.66. The van der Waals surface area contributed by atoms with E-state index in [1.165, 1.54) is 25.4 Å². The number of nitrogens with one attached hydrogen (secondary N) is 2. The van der Waals surface area contributed by atoms with E-state index in [2.05, 4.69) is 74.8 Å². The third-order valence-electron chi connectivity index (χ3n) is 3.30. The number of benzene rings is 1. The minimum absolute atomic E-state index is 0.801. The van der Waals surface area contributed by atoms with Crippen molar-refractivity contribution in [1.82, 2.24) is 15.5 Å². The van der Waals surface area contributed by atoms with E-state index in [0.29, 0.717) is 0 Å². The number of thiophene rings is 1. The van der Waals surface area contributed by atoms with E-state index in [1.54, 1.807) is 11.3 Å². The van der Waals surface area contributed by atoms with E-state index in [9.17, 15) is 0 Å². The highest BCUT2D eigenvalue weighted by atomic mass is 79.9. The Morgan fingerprint density at radius 1 is 1.14 bits per heavy atom. The van der Waals surface area contributed by atoms with Gasteiger partial charge in [0, 0.05) is 23.5 Å². The summed E-state index contributed by atoms with van der Waals surface area (Å²) in [6, 6.07) is 12.7. The molecule has 0 spiro atoms. The highest BCUT2D eigenvalue weighted by Crippen LogP contribution is 2.23. The molecule has 2 N–H and O–H groups in total. The Kier molecular flexibility index (Phi) is 4.53. The largest absolute Gasteiger partial charge is 0.308 e. The molecule has 0 atom stereocenters. The first kappa shape index (κ1) is 14.5. The first-order chi connectivity index (χ1) is 10.2. The number of aromatic nitrogens is 2. The number of halogens is 1. The fourth-order valence-corrected chi connectivity index (χ4v) is 3.64. The maximum atomic E-state index is 4.18. The number of rotatable bonds is 5. The molecule has 5 heteroatoms. The first-order valence-electron chi connectivity index (χ1n) is 6.76. The van der Waals surface area contributed by atoms with Crippen LogP contribution in [0.1, 0.15) is 16.0 Å². The van der Waals surface area contributed by atoms with Crippen LogP contribution in [0, 0.1) is 6.92 Å². The molecule has 2 heterocycles. The van der Waals surface area contributed by atoms with Gasteiger partial charge >= 0.3 is 0 Å². The fourth-order valence-electron chi connectivity index (χ4n) is 2.18. The molecule has 0 saturated heterocycles. The molecule has 3 nitrogen and oxygen atoms in total. The molecule has 0 aliphatic carbocycles. The van der Waals surface area contributed by atoms with Gasteiger partial charge in [0.2, 0.25) is 0 Å². The molecule has 0 fully saturated rings. The number of hydrogen-bond donors (Lipinski definition) is 2.